The van der Waals surface area contributed by atoms with E-state index in [4.69, 9.17) is 9.47 Å². The molecule has 168 valence electrons. The zero-order valence-electron chi connectivity index (χ0n) is 18.6. The van der Waals surface area contributed by atoms with E-state index >= 15 is 0 Å². The number of benzene rings is 2. The Hall–Kier alpha value is -2.84. The molecule has 1 amide bonds. The van der Waals surface area contributed by atoms with Crippen LogP contribution in [0.25, 0.3) is 6.08 Å². The summed E-state index contributed by atoms with van der Waals surface area (Å²) in [4.78, 5) is 12.5. The molecule has 0 bridgehead atoms. The first-order valence-corrected chi connectivity index (χ1v) is 11.6. The third-order valence-corrected chi connectivity index (χ3v) is 6.70. The van der Waals surface area contributed by atoms with Crippen molar-refractivity contribution in [2.24, 2.45) is 0 Å². The molecule has 2 aromatic rings. The summed E-state index contributed by atoms with van der Waals surface area (Å²) in [6.07, 6.45) is 3.04. The van der Waals surface area contributed by atoms with E-state index in [0.717, 1.165) is 11.1 Å². The molecule has 0 saturated carbocycles. The lowest BCUT2D eigenvalue weighted by molar-refractivity contribution is -0.111. The minimum absolute atomic E-state index is 0.0279. The first-order chi connectivity index (χ1) is 14.8. The molecule has 0 heterocycles. The summed E-state index contributed by atoms with van der Waals surface area (Å²) in [5, 5.41) is 2.72. The molecule has 1 N–H and O–H groups in total. The molecule has 8 heteroatoms. The van der Waals surface area contributed by atoms with Gasteiger partial charge in [-0.05, 0) is 50.3 Å². The lowest BCUT2D eigenvalue weighted by Crippen LogP contribution is -2.31. The van der Waals surface area contributed by atoms with E-state index in [0.29, 0.717) is 31.1 Å². The van der Waals surface area contributed by atoms with E-state index in [9.17, 15) is 13.2 Å². The van der Waals surface area contributed by atoms with Crippen molar-refractivity contribution < 1.29 is 22.7 Å². The maximum atomic E-state index is 13.0. The van der Waals surface area contributed by atoms with Crippen LogP contribution in [0, 0.1) is 6.92 Å². The second-order valence-electron chi connectivity index (χ2n) is 6.75. The van der Waals surface area contributed by atoms with Gasteiger partial charge in [-0.15, -0.1) is 0 Å². The van der Waals surface area contributed by atoms with Crippen molar-refractivity contribution in [1.82, 2.24) is 4.31 Å². The highest BCUT2D eigenvalue weighted by Gasteiger charge is 2.26. The van der Waals surface area contributed by atoms with Crippen LogP contribution >= 0.6 is 0 Å². The third-order valence-electron chi connectivity index (χ3n) is 4.63. The Bertz CT molecular complexity index is 1040. The highest BCUT2D eigenvalue weighted by atomic mass is 32.2. The maximum absolute atomic E-state index is 13.0. The lowest BCUT2D eigenvalue weighted by Gasteiger charge is -2.21. The topological polar surface area (TPSA) is 84.9 Å². The number of rotatable bonds is 10. The Morgan fingerprint density at radius 3 is 2.35 bits per heavy atom. The molecule has 7 nitrogen and oxygen atoms in total. The summed E-state index contributed by atoms with van der Waals surface area (Å²) in [6.45, 7) is 8.29. The van der Waals surface area contributed by atoms with Crippen LogP contribution in [0.1, 0.15) is 31.9 Å². The number of anilines is 1. The number of hydrogen-bond donors (Lipinski definition) is 1. The van der Waals surface area contributed by atoms with Crippen LogP contribution in [0.3, 0.4) is 0 Å². The molecule has 0 unspecified atom stereocenters. The normalized spacial score (nSPS) is 11.7. The molecule has 2 rings (SSSR count). The van der Waals surface area contributed by atoms with E-state index in [-0.39, 0.29) is 16.6 Å². The van der Waals surface area contributed by atoms with Crippen molar-refractivity contribution in [2.75, 3.05) is 32.1 Å². The average molecular weight is 447 g/mol. The van der Waals surface area contributed by atoms with Gasteiger partial charge in [-0.2, -0.15) is 4.31 Å². The van der Waals surface area contributed by atoms with Crippen molar-refractivity contribution >= 4 is 27.7 Å². The Labute approximate surface area is 184 Å². The van der Waals surface area contributed by atoms with E-state index in [2.05, 4.69) is 5.32 Å². The zero-order chi connectivity index (χ0) is 23.0. The van der Waals surface area contributed by atoms with Gasteiger partial charge in [0, 0.05) is 30.4 Å². The van der Waals surface area contributed by atoms with Gasteiger partial charge in [0.2, 0.25) is 15.9 Å². The van der Waals surface area contributed by atoms with Crippen LogP contribution < -0.4 is 14.8 Å². The smallest absolute Gasteiger partial charge is 0.248 e. The zero-order valence-corrected chi connectivity index (χ0v) is 19.5. The Morgan fingerprint density at radius 2 is 1.74 bits per heavy atom. The number of nitrogens with one attached hydrogen (secondary N) is 1. The number of carbonyl (C=O) groups is 1. The molecule has 0 radical (unpaired) electrons. The third kappa shape index (κ3) is 6.08. The Kier molecular flexibility index (Phi) is 8.65. The fourth-order valence-corrected chi connectivity index (χ4v) is 4.71. The molecule has 0 aromatic heterocycles. The van der Waals surface area contributed by atoms with E-state index in [1.807, 2.05) is 25.1 Å². The number of methoxy groups -OCH3 is 1. The standard InChI is InChI=1S/C23H30N2O5S/c1-6-25(7-2)31(27,28)22-16-19(11-13-21(22)30-8-3)24-23(26)14-10-18-15-17(4)9-12-20(18)29-5/h9-16H,6-8H2,1-5H3,(H,24,26)/b14-10+. The predicted molar refractivity (Wildman–Crippen MR) is 123 cm³/mol. The van der Waals surface area contributed by atoms with E-state index in [1.165, 1.54) is 16.4 Å². The van der Waals surface area contributed by atoms with E-state index in [1.54, 1.807) is 46.1 Å². The van der Waals surface area contributed by atoms with Crippen molar-refractivity contribution in [1.29, 1.82) is 0 Å². The first-order valence-electron chi connectivity index (χ1n) is 10.2. The van der Waals surface area contributed by atoms with Gasteiger partial charge in [0.25, 0.3) is 0 Å². The van der Waals surface area contributed by atoms with Crippen LogP contribution in [0.15, 0.2) is 47.4 Å². The SMILES string of the molecule is CCOc1ccc(NC(=O)/C=C/c2cc(C)ccc2OC)cc1S(=O)(=O)N(CC)CC. The second kappa shape index (κ2) is 11.0. The second-order valence-corrected chi connectivity index (χ2v) is 8.66. The first kappa shape index (κ1) is 24.4. The van der Waals surface area contributed by atoms with Crippen molar-refractivity contribution in [3.05, 3.63) is 53.6 Å². The van der Waals surface area contributed by atoms with E-state index < -0.39 is 10.0 Å². The van der Waals surface area contributed by atoms with Crippen molar-refractivity contribution in [2.45, 2.75) is 32.6 Å². The van der Waals surface area contributed by atoms with Crippen molar-refractivity contribution in [3.63, 3.8) is 0 Å². The van der Waals surface area contributed by atoms with Gasteiger partial charge in [-0.3, -0.25) is 4.79 Å². The summed E-state index contributed by atoms with van der Waals surface area (Å²) < 4.78 is 38.3. The molecular formula is C23H30N2O5S. The van der Waals surface area contributed by atoms with Gasteiger partial charge in [0.15, 0.2) is 0 Å². The summed E-state index contributed by atoms with van der Waals surface area (Å²) in [6, 6.07) is 10.3. The highest BCUT2D eigenvalue weighted by molar-refractivity contribution is 7.89. The molecule has 0 aliphatic carbocycles. The highest BCUT2D eigenvalue weighted by Crippen LogP contribution is 2.30. The summed E-state index contributed by atoms with van der Waals surface area (Å²) >= 11 is 0. The number of carbonyl (C=O) groups excluding carboxylic acids is 1. The predicted octanol–water partition coefficient (Wildman–Crippen LogP) is 4.08. The molecule has 31 heavy (non-hydrogen) atoms. The number of amides is 1. The molecule has 0 saturated heterocycles. The lowest BCUT2D eigenvalue weighted by atomic mass is 10.1. The number of nitrogens with zero attached hydrogens (tertiary/aromatic N) is 1. The molecule has 0 aliphatic heterocycles. The summed E-state index contributed by atoms with van der Waals surface area (Å²) in [7, 11) is -2.19. The fourth-order valence-electron chi connectivity index (χ4n) is 3.10. The van der Waals surface area contributed by atoms with Gasteiger partial charge >= 0.3 is 0 Å². The fraction of sp³-hybridized carbons (Fsp3) is 0.348. The van der Waals surface area contributed by atoms with Gasteiger partial charge in [-0.25, -0.2) is 8.42 Å². The molecule has 0 spiro atoms. The van der Waals surface area contributed by atoms with Crippen LogP contribution in [0.2, 0.25) is 0 Å². The number of sulfonamides is 1. The molecular weight excluding hydrogens is 416 g/mol. The van der Waals surface area contributed by atoms with Crippen LogP contribution in [0.4, 0.5) is 5.69 Å². The number of hydrogen-bond acceptors (Lipinski definition) is 5. The Morgan fingerprint density at radius 1 is 1.06 bits per heavy atom. The molecule has 2 aromatic carbocycles. The van der Waals surface area contributed by atoms with Crippen LogP contribution in [0.5, 0.6) is 11.5 Å². The number of ether oxygens (including phenoxy) is 2. The van der Waals surface area contributed by atoms with Crippen molar-refractivity contribution in [3.8, 4) is 11.5 Å². The summed E-state index contributed by atoms with van der Waals surface area (Å²) in [5.74, 6) is 0.523. The monoisotopic (exact) mass is 446 g/mol. The average Bonchev–Trinajstić information content (AvgIpc) is 2.74. The maximum Gasteiger partial charge on any atom is 0.248 e. The molecule has 0 aliphatic rings. The quantitative estimate of drug-likeness (QED) is 0.556. The minimum atomic E-state index is -3.76. The largest absolute Gasteiger partial charge is 0.496 e. The number of aryl methyl sites for hydroxylation is 1. The van der Waals surface area contributed by atoms with Gasteiger partial charge < -0.3 is 14.8 Å². The minimum Gasteiger partial charge on any atom is -0.496 e. The van der Waals surface area contributed by atoms with Gasteiger partial charge in [-0.1, -0.05) is 25.5 Å². The summed E-state index contributed by atoms with van der Waals surface area (Å²) in [5.41, 5.74) is 2.17. The van der Waals surface area contributed by atoms with Crippen LogP contribution in [-0.2, 0) is 14.8 Å². The Balaban J connectivity index is 2.31. The molecule has 0 atom stereocenters. The molecule has 0 fully saturated rings. The van der Waals surface area contributed by atoms with Gasteiger partial charge in [0.05, 0.1) is 13.7 Å². The van der Waals surface area contributed by atoms with Crippen LogP contribution in [-0.4, -0.2) is 45.4 Å². The van der Waals surface area contributed by atoms with Gasteiger partial charge in [0.1, 0.15) is 16.4 Å².